The molecule has 1 heterocycles. The first-order chi connectivity index (χ1) is 13.6. The van der Waals surface area contributed by atoms with Gasteiger partial charge < -0.3 is 19.4 Å². The van der Waals surface area contributed by atoms with Crippen LogP contribution in [-0.2, 0) is 11.3 Å². The third-order valence-corrected chi connectivity index (χ3v) is 4.56. The molecule has 0 saturated carbocycles. The monoisotopic (exact) mass is 380 g/mol. The maximum atomic E-state index is 12.7. The van der Waals surface area contributed by atoms with Gasteiger partial charge in [-0.2, -0.15) is 0 Å². The number of rotatable bonds is 8. The molecular weight excluding hydrogens is 356 g/mol. The first-order valence-corrected chi connectivity index (χ1v) is 9.20. The topological polar surface area (TPSA) is 69.6 Å². The largest absolute Gasteiger partial charge is 0.497 e. The molecule has 0 unspecified atom stereocenters. The van der Waals surface area contributed by atoms with E-state index < -0.39 is 0 Å². The van der Waals surface area contributed by atoms with E-state index in [1.165, 1.54) is 0 Å². The molecule has 1 aromatic heterocycles. The number of amides is 1. The minimum absolute atomic E-state index is 0.0836. The van der Waals surface area contributed by atoms with Gasteiger partial charge in [0, 0.05) is 35.2 Å². The molecule has 1 N–H and O–H groups in total. The number of aromatic nitrogens is 1. The van der Waals surface area contributed by atoms with E-state index in [-0.39, 0.29) is 18.2 Å². The molecule has 0 aliphatic rings. The summed E-state index contributed by atoms with van der Waals surface area (Å²) in [5.74, 6) is 1.04. The number of hydrogen-bond donors (Lipinski definition) is 1. The van der Waals surface area contributed by atoms with Crippen molar-refractivity contribution in [1.29, 1.82) is 0 Å². The van der Waals surface area contributed by atoms with Gasteiger partial charge in [-0.15, -0.1) is 0 Å². The van der Waals surface area contributed by atoms with Gasteiger partial charge in [0.1, 0.15) is 18.0 Å². The number of methoxy groups -OCH3 is 2. The maximum absolute atomic E-state index is 12.7. The average molecular weight is 380 g/mol. The molecule has 146 valence electrons. The normalized spacial score (nSPS) is 10.7. The summed E-state index contributed by atoms with van der Waals surface area (Å²) in [5.41, 5.74) is 2.05. The number of fused-ring (bicyclic) bond motifs is 1. The summed E-state index contributed by atoms with van der Waals surface area (Å²) in [6, 6.07) is 12.8. The predicted molar refractivity (Wildman–Crippen MR) is 109 cm³/mol. The van der Waals surface area contributed by atoms with Gasteiger partial charge in [0.15, 0.2) is 5.78 Å². The van der Waals surface area contributed by atoms with Crippen LogP contribution in [0.5, 0.6) is 11.5 Å². The lowest BCUT2D eigenvalue weighted by molar-refractivity contribution is -0.116. The van der Waals surface area contributed by atoms with Crippen molar-refractivity contribution in [2.75, 3.05) is 19.5 Å². The Balaban J connectivity index is 1.87. The van der Waals surface area contributed by atoms with Gasteiger partial charge in [-0.05, 0) is 24.6 Å². The second kappa shape index (κ2) is 8.61. The Hall–Kier alpha value is -3.28. The summed E-state index contributed by atoms with van der Waals surface area (Å²) >= 11 is 0. The van der Waals surface area contributed by atoms with E-state index >= 15 is 0 Å². The number of carbonyl (C=O) groups is 2. The number of carbonyl (C=O) groups excluding carboxylic acids is 2. The van der Waals surface area contributed by atoms with E-state index in [0.29, 0.717) is 29.2 Å². The molecule has 0 saturated heterocycles. The van der Waals surface area contributed by atoms with Gasteiger partial charge in [-0.25, -0.2) is 0 Å². The number of anilines is 1. The summed E-state index contributed by atoms with van der Waals surface area (Å²) in [7, 11) is 3.11. The molecule has 28 heavy (non-hydrogen) atoms. The van der Waals surface area contributed by atoms with Crippen LogP contribution in [0.2, 0.25) is 0 Å². The van der Waals surface area contributed by atoms with Crippen LogP contribution in [0, 0.1) is 0 Å². The zero-order chi connectivity index (χ0) is 20.1. The van der Waals surface area contributed by atoms with Crippen molar-refractivity contribution in [2.45, 2.75) is 26.3 Å². The fourth-order valence-electron chi connectivity index (χ4n) is 3.22. The summed E-state index contributed by atoms with van der Waals surface area (Å²) in [5, 5.41) is 3.73. The third kappa shape index (κ3) is 4.01. The Bertz CT molecular complexity index is 1010. The molecule has 0 radical (unpaired) electrons. The Kier molecular flexibility index (Phi) is 5.99. The molecule has 0 atom stereocenters. The minimum atomic E-state index is -0.221. The van der Waals surface area contributed by atoms with Crippen LogP contribution in [0.3, 0.4) is 0 Å². The second-order valence-electron chi connectivity index (χ2n) is 6.48. The molecule has 6 heteroatoms. The Labute approximate surface area is 164 Å². The van der Waals surface area contributed by atoms with Crippen molar-refractivity contribution < 1.29 is 19.1 Å². The van der Waals surface area contributed by atoms with Crippen LogP contribution in [0.4, 0.5) is 5.69 Å². The van der Waals surface area contributed by atoms with E-state index in [2.05, 4.69) is 5.32 Å². The first-order valence-electron chi connectivity index (χ1n) is 9.20. The highest BCUT2D eigenvalue weighted by atomic mass is 16.5. The lowest BCUT2D eigenvalue weighted by Crippen LogP contribution is -2.18. The number of ketones is 1. The summed E-state index contributed by atoms with van der Waals surface area (Å²) in [6.07, 6.45) is 3.04. The van der Waals surface area contributed by atoms with Crippen molar-refractivity contribution in [3.05, 3.63) is 54.2 Å². The van der Waals surface area contributed by atoms with Crippen LogP contribution < -0.4 is 14.8 Å². The standard InChI is InChI=1S/C22H24N2O4/c1-4-7-20(25)17-13-24(19-9-6-5-8-16(17)19)14-22(26)23-18-12-15(27-2)10-11-21(18)28-3/h5-6,8-13H,4,7,14H2,1-3H3,(H,23,26). The van der Waals surface area contributed by atoms with Crippen LogP contribution in [0.25, 0.3) is 10.9 Å². The molecule has 3 rings (SSSR count). The van der Waals surface area contributed by atoms with Crippen LogP contribution in [0.15, 0.2) is 48.7 Å². The molecular formula is C22H24N2O4. The SMILES string of the molecule is CCCC(=O)c1cn(CC(=O)Nc2cc(OC)ccc2OC)c2ccccc12. The predicted octanol–water partition coefficient (Wildman–Crippen LogP) is 4.28. The van der Waals surface area contributed by atoms with Gasteiger partial charge in [0.25, 0.3) is 0 Å². The molecule has 0 spiro atoms. The average Bonchev–Trinajstić information content (AvgIpc) is 3.06. The highest BCUT2D eigenvalue weighted by molar-refractivity contribution is 6.08. The van der Waals surface area contributed by atoms with Crippen LogP contribution in [-0.4, -0.2) is 30.5 Å². The highest BCUT2D eigenvalue weighted by Gasteiger charge is 2.16. The van der Waals surface area contributed by atoms with Crippen molar-refractivity contribution >= 4 is 28.3 Å². The van der Waals surface area contributed by atoms with Crippen LogP contribution in [0.1, 0.15) is 30.1 Å². The lowest BCUT2D eigenvalue weighted by atomic mass is 10.1. The molecule has 1 amide bonds. The van der Waals surface area contributed by atoms with Gasteiger partial charge in [0.2, 0.25) is 5.91 Å². The number of Topliss-reactive ketones (excluding diaryl/α,β-unsaturated/α-hetero) is 1. The molecule has 3 aromatic rings. The van der Waals surface area contributed by atoms with E-state index in [9.17, 15) is 9.59 Å². The van der Waals surface area contributed by atoms with E-state index in [4.69, 9.17) is 9.47 Å². The van der Waals surface area contributed by atoms with Gasteiger partial charge >= 0.3 is 0 Å². The Morgan fingerprint density at radius 1 is 1.07 bits per heavy atom. The second-order valence-corrected chi connectivity index (χ2v) is 6.48. The van der Waals surface area contributed by atoms with E-state index in [1.807, 2.05) is 31.2 Å². The Morgan fingerprint density at radius 2 is 1.86 bits per heavy atom. The lowest BCUT2D eigenvalue weighted by Gasteiger charge is -2.12. The fourth-order valence-corrected chi connectivity index (χ4v) is 3.22. The molecule has 0 aliphatic heterocycles. The number of para-hydroxylation sites is 1. The minimum Gasteiger partial charge on any atom is -0.497 e. The van der Waals surface area contributed by atoms with Crippen molar-refractivity contribution in [3.8, 4) is 11.5 Å². The quantitative estimate of drug-likeness (QED) is 0.592. The summed E-state index contributed by atoms with van der Waals surface area (Å²) in [6.45, 7) is 2.06. The van der Waals surface area contributed by atoms with Gasteiger partial charge in [-0.1, -0.05) is 25.1 Å². The number of hydrogen-bond acceptors (Lipinski definition) is 4. The smallest absolute Gasteiger partial charge is 0.244 e. The van der Waals surface area contributed by atoms with Crippen LogP contribution >= 0.6 is 0 Å². The number of nitrogens with one attached hydrogen (secondary N) is 1. The van der Waals surface area contributed by atoms with E-state index in [0.717, 1.165) is 17.3 Å². The maximum Gasteiger partial charge on any atom is 0.244 e. The molecule has 0 bridgehead atoms. The van der Waals surface area contributed by atoms with E-state index in [1.54, 1.807) is 43.2 Å². The number of ether oxygens (including phenoxy) is 2. The van der Waals surface area contributed by atoms with Gasteiger partial charge in [-0.3, -0.25) is 9.59 Å². The molecule has 0 aliphatic carbocycles. The zero-order valence-corrected chi connectivity index (χ0v) is 16.3. The number of benzene rings is 2. The molecule has 6 nitrogen and oxygen atoms in total. The third-order valence-electron chi connectivity index (χ3n) is 4.56. The van der Waals surface area contributed by atoms with Crippen molar-refractivity contribution in [3.63, 3.8) is 0 Å². The molecule has 2 aromatic carbocycles. The van der Waals surface area contributed by atoms with Crippen molar-refractivity contribution in [1.82, 2.24) is 4.57 Å². The zero-order valence-electron chi connectivity index (χ0n) is 16.3. The number of nitrogens with zero attached hydrogens (tertiary/aromatic N) is 1. The summed E-state index contributed by atoms with van der Waals surface area (Å²) in [4.78, 5) is 25.1. The van der Waals surface area contributed by atoms with Gasteiger partial charge in [0.05, 0.1) is 19.9 Å². The highest BCUT2D eigenvalue weighted by Crippen LogP contribution is 2.29. The Morgan fingerprint density at radius 3 is 2.57 bits per heavy atom. The first kappa shape index (κ1) is 19.5. The fraction of sp³-hybridized carbons (Fsp3) is 0.273. The summed E-state index contributed by atoms with van der Waals surface area (Å²) < 4.78 is 12.3. The van der Waals surface area contributed by atoms with Crippen molar-refractivity contribution in [2.24, 2.45) is 0 Å². The molecule has 0 fully saturated rings.